The first-order valence-corrected chi connectivity index (χ1v) is 6.43. The number of alkyl halides is 3. The minimum atomic E-state index is -4.78. The van der Waals surface area contributed by atoms with E-state index in [1.165, 1.54) is 24.3 Å². The largest absolute Gasteiger partial charge is 0.573 e. The number of anilines is 2. The van der Waals surface area contributed by atoms with Gasteiger partial charge in [0.1, 0.15) is 11.6 Å². The van der Waals surface area contributed by atoms with Crippen molar-refractivity contribution in [3.05, 3.63) is 53.8 Å². The maximum atomic E-state index is 13.1. The van der Waals surface area contributed by atoms with Crippen LogP contribution >= 0.6 is 0 Å². The maximum absolute atomic E-state index is 13.1. The lowest BCUT2D eigenvalue weighted by Gasteiger charge is -2.11. The standard InChI is InChI=1S/C15H12F4N2O2/c1-9-2-3-10(16)8-13(9)21-14(22)20-11-4-6-12(7-5-11)23-15(17,18)19/h2-8H,1H3,(H2,20,21,22). The van der Waals surface area contributed by atoms with Crippen molar-refractivity contribution in [2.45, 2.75) is 13.3 Å². The van der Waals surface area contributed by atoms with Gasteiger partial charge in [-0.1, -0.05) is 6.07 Å². The van der Waals surface area contributed by atoms with Gasteiger partial charge in [-0.2, -0.15) is 0 Å². The van der Waals surface area contributed by atoms with Gasteiger partial charge in [-0.3, -0.25) is 0 Å². The minimum Gasteiger partial charge on any atom is -0.406 e. The summed E-state index contributed by atoms with van der Waals surface area (Å²) in [5, 5.41) is 4.87. The molecule has 0 heterocycles. The molecule has 0 unspecified atom stereocenters. The molecule has 2 N–H and O–H groups in total. The van der Waals surface area contributed by atoms with Gasteiger partial charge < -0.3 is 15.4 Å². The molecule has 0 aliphatic rings. The van der Waals surface area contributed by atoms with E-state index in [9.17, 15) is 22.4 Å². The zero-order valence-electron chi connectivity index (χ0n) is 11.9. The highest BCUT2D eigenvalue weighted by Crippen LogP contribution is 2.24. The summed E-state index contributed by atoms with van der Waals surface area (Å²) in [4.78, 5) is 11.8. The number of urea groups is 1. The van der Waals surface area contributed by atoms with Crippen LogP contribution in [0.25, 0.3) is 0 Å². The van der Waals surface area contributed by atoms with Crippen molar-refractivity contribution in [2.75, 3.05) is 10.6 Å². The van der Waals surface area contributed by atoms with Crippen molar-refractivity contribution in [3.8, 4) is 5.75 Å². The Bertz CT molecular complexity index is 700. The smallest absolute Gasteiger partial charge is 0.406 e. The Morgan fingerprint density at radius 1 is 1.04 bits per heavy atom. The molecule has 0 radical (unpaired) electrons. The van der Waals surface area contributed by atoms with E-state index in [1.807, 2.05) is 0 Å². The second kappa shape index (κ2) is 6.55. The van der Waals surface area contributed by atoms with Crippen LogP contribution in [0.15, 0.2) is 42.5 Å². The highest BCUT2D eigenvalue weighted by molar-refractivity contribution is 6.00. The van der Waals surface area contributed by atoms with Crippen molar-refractivity contribution >= 4 is 17.4 Å². The SMILES string of the molecule is Cc1ccc(F)cc1NC(=O)Nc1ccc(OC(F)(F)F)cc1. The summed E-state index contributed by atoms with van der Waals surface area (Å²) in [5.41, 5.74) is 1.21. The Hall–Kier alpha value is -2.77. The molecule has 0 aromatic heterocycles. The number of carbonyl (C=O) groups is 1. The van der Waals surface area contributed by atoms with Gasteiger partial charge in [0.25, 0.3) is 0 Å². The summed E-state index contributed by atoms with van der Waals surface area (Å²) in [6.07, 6.45) is -4.78. The molecule has 0 saturated carbocycles. The number of hydrogen-bond acceptors (Lipinski definition) is 2. The van der Waals surface area contributed by atoms with E-state index in [2.05, 4.69) is 15.4 Å². The lowest BCUT2D eigenvalue weighted by molar-refractivity contribution is -0.274. The highest BCUT2D eigenvalue weighted by Gasteiger charge is 2.30. The van der Waals surface area contributed by atoms with E-state index in [1.54, 1.807) is 6.92 Å². The fourth-order valence-electron chi connectivity index (χ4n) is 1.75. The molecular formula is C15H12F4N2O2. The predicted octanol–water partition coefficient (Wildman–Crippen LogP) is 4.68. The lowest BCUT2D eigenvalue weighted by atomic mass is 10.2. The minimum absolute atomic E-state index is 0.256. The monoisotopic (exact) mass is 328 g/mol. The normalized spacial score (nSPS) is 11.0. The molecule has 23 heavy (non-hydrogen) atoms. The van der Waals surface area contributed by atoms with E-state index in [0.717, 1.165) is 18.2 Å². The Labute approximate surface area is 129 Å². The zero-order chi connectivity index (χ0) is 17.0. The molecule has 0 atom stereocenters. The number of benzene rings is 2. The van der Waals surface area contributed by atoms with Crippen LogP contribution in [0.1, 0.15) is 5.56 Å². The van der Waals surface area contributed by atoms with Gasteiger partial charge in [-0.25, -0.2) is 9.18 Å². The quantitative estimate of drug-likeness (QED) is 0.804. The van der Waals surface area contributed by atoms with Crippen LogP contribution < -0.4 is 15.4 Å². The van der Waals surface area contributed by atoms with E-state index in [4.69, 9.17) is 0 Å². The first-order chi connectivity index (χ1) is 10.7. The molecule has 122 valence electrons. The number of carbonyl (C=O) groups excluding carboxylic acids is 1. The van der Waals surface area contributed by atoms with E-state index < -0.39 is 24.0 Å². The second-order valence-electron chi connectivity index (χ2n) is 4.61. The molecule has 2 aromatic carbocycles. The van der Waals surface area contributed by atoms with Crippen LogP contribution in [0.4, 0.5) is 33.7 Å². The van der Waals surface area contributed by atoms with Gasteiger partial charge in [0.15, 0.2) is 0 Å². The Morgan fingerprint density at radius 3 is 2.30 bits per heavy atom. The van der Waals surface area contributed by atoms with Gasteiger partial charge in [0.05, 0.1) is 0 Å². The average Bonchev–Trinajstić information content (AvgIpc) is 2.43. The fraction of sp³-hybridized carbons (Fsp3) is 0.133. The van der Waals surface area contributed by atoms with E-state index >= 15 is 0 Å². The third kappa shape index (κ3) is 5.17. The van der Waals surface area contributed by atoms with Crippen molar-refractivity contribution in [1.29, 1.82) is 0 Å². The molecule has 2 amide bonds. The molecule has 2 rings (SSSR count). The third-order valence-corrected chi connectivity index (χ3v) is 2.79. The lowest BCUT2D eigenvalue weighted by Crippen LogP contribution is -2.20. The van der Waals surface area contributed by atoms with Crippen LogP contribution in [-0.4, -0.2) is 12.4 Å². The molecule has 0 aliphatic heterocycles. The molecule has 8 heteroatoms. The summed E-state index contributed by atoms with van der Waals surface area (Å²) in [6, 6.07) is 7.91. The van der Waals surface area contributed by atoms with Crippen LogP contribution in [0, 0.1) is 12.7 Å². The number of amides is 2. The number of aryl methyl sites for hydroxylation is 1. The zero-order valence-corrected chi connectivity index (χ0v) is 11.9. The average molecular weight is 328 g/mol. The molecule has 2 aromatic rings. The van der Waals surface area contributed by atoms with Crippen molar-refractivity contribution in [1.82, 2.24) is 0 Å². The predicted molar refractivity (Wildman–Crippen MR) is 76.9 cm³/mol. The molecule has 0 aliphatic carbocycles. The van der Waals surface area contributed by atoms with Crippen LogP contribution in [-0.2, 0) is 0 Å². The Balaban J connectivity index is 1.99. The Morgan fingerprint density at radius 2 is 1.70 bits per heavy atom. The second-order valence-corrected chi connectivity index (χ2v) is 4.61. The third-order valence-electron chi connectivity index (χ3n) is 2.79. The van der Waals surface area contributed by atoms with Crippen LogP contribution in [0.2, 0.25) is 0 Å². The first-order valence-electron chi connectivity index (χ1n) is 6.43. The Kier molecular flexibility index (Phi) is 4.73. The van der Waals surface area contributed by atoms with E-state index in [0.29, 0.717) is 11.3 Å². The molecule has 0 fully saturated rings. The molecule has 0 bridgehead atoms. The number of nitrogens with one attached hydrogen (secondary N) is 2. The highest BCUT2D eigenvalue weighted by atomic mass is 19.4. The summed E-state index contributed by atoms with van der Waals surface area (Å²) in [7, 11) is 0. The fourth-order valence-corrected chi connectivity index (χ4v) is 1.75. The first kappa shape index (κ1) is 16.6. The molecule has 4 nitrogen and oxygen atoms in total. The molecule has 0 spiro atoms. The van der Waals surface area contributed by atoms with E-state index in [-0.39, 0.29) is 5.69 Å². The van der Waals surface area contributed by atoms with Gasteiger partial charge in [-0.15, -0.1) is 13.2 Å². The summed E-state index contributed by atoms with van der Waals surface area (Å²) in [6.45, 7) is 1.69. The molecular weight excluding hydrogens is 316 g/mol. The summed E-state index contributed by atoms with van der Waals surface area (Å²) < 4.78 is 52.9. The maximum Gasteiger partial charge on any atom is 0.573 e. The van der Waals surface area contributed by atoms with Crippen LogP contribution in [0.3, 0.4) is 0 Å². The topological polar surface area (TPSA) is 50.4 Å². The number of hydrogen-bond donors (Lipinski definition) is 2. The summed E-state index contributed by atoms with van der Waals surface area (Å²) >= 11 is 0. The number of rotatable bonds is 3. The van der Waals surface area contributed by atoms with Crippen LogP contribution in [0.5, 0.6) is 5.75 Å². The van der Waals surface area contributed by atoms with Crippen molar-refractivity contribution < 1.29 is 27.1 Å². The number of ether oxygens (including phenoxy) is 1. The van der Waals surface area contributed by atoms with Crippen molar-refractivity contribution in [2.24, 2.45) is 0 Å². The number of halogens is 4. The van der Waals surface area contributed by atoms with Gasteiger partial charge in [-0.05, 0) is 48.9 Å². The molecule has 0 saturated heterocycles. The summed E-state index contributed by atoms with van der Waals surface area (Å²) in [5.74, 6) is -0.899. The van der Waals surface area contributed by atoms with Gasteiger partial charge in [0, 0.05) is 11.4 Å². The van der Waals surface area contributed by atoms with Gasteiger partial charge >= 0.3 is 12.4 Å². The van der Waals surface area contributed by atoms with Crippen molar-refractivity contribution in [3.63, 3.8) is 0 Å². The van der Waals surface area contributed by atoms with Gasteiger partial charge in [0.2, 0.25) is 0 Å².